The normalized spacial score (nSPS) is 23.7. The van der Waals surface area contributed by atoms with Gasteiger partial charge >= 0.3 is 0 Å². The third-order valence-electron chi connectivity index (χ3n) is 9.60. The molecule has 224 valence electrons. The van der Waals surface area contributed by atoms with Gasteiger partial charge in [0.2, 0.25) is 5.91 Å². The van der Waals surface area contributed by atoms with Crippen LogP contribution >= 0.6 is 0 Å². The second-order valence-electron chi connectivity index (χ2n) is 11.8. The fourth-order valence-electron chi connectivity index (χ4n) is 7.97. The molecule has 2 fully saturated rings. The van der Waals surface area contributed by atoms with Crippen LogP contribution in [0.4, 0.5) is 11.4 Å². The maximum absolute atomic E-state index is 15.0. The first-order valence-corrected chi connectivity index (χ1v) is 14.9. The van der Waals surface area contributed by atoms with Crippen molar-refractivity contribution in [1.82, 2.24) is 29.4 Å². The van der Waals surface area contributed by atoms with Gasteiger partial charge in [-0.3, -0.25) is 24.6 Å². The standard InChI is InChI=1S/C33H28N8O4/c1-20-27(31(39-19-34-18-35-39)40(37-20)22-8-3-2-4-9-22)28-26-12-7-17-38(26)33(24-10-5-6-11-25(24)36-32(33)43)29(28)30(42)21-13-15-23(16-14-21)41(44)45/h2-6,8-11,13-16,18-19,26,28-29H,7,12,17H2,1H3,(H,36,43). The van der Waals surface area contributed by atoms with Crippen molar-refractivity contribution >= 4 is 23.1 Å². The molecule has 0 bridgehead atoms. The number of fused-ring (bicyclic) bond motifs is 4. The number of hydrogen-bond donors (Lipinski definition) is 1. The quantitative estimate of drug-likeness (QED) is 0.170. The summed E-state index contributed by atoms with van der Waals surface area (Å²) in [4.78, 5) is 46.8. The van der Waals surface area contributed by atoms with Crippen LogP contribution in [0.1, 0.15) is 45.9 Å². The summed E-state index contributed by atoms with van der Waals surface area (Å²) >= 11 is 0. The van der Waals surface area contributed by atoms with Crippen molar-refractivity contribution in [1.29, 1.82) is 0 Å². The minimum atomic E-state index is -1.29. The Kier molecular flexibility index (Phi) is 6.04. The molecule has 1 N–H and O–H groups in total. The molecule has 5 aromatic rings. The van der Waals surface area contributed by atoms with Crippen LogP contribution in [0.2, 0.25) is 0 Å². The number of ketones is 1. The summed E-state index contributed by atoms with van der Waals surface area (Å²) in [6.45, 7) is 2.56. The van der Waals surface area contributed by atoms with Crippen LogP contribution in [0, 0.1) is 23.0 Å². The lowest BCUT2D eigenvalue weighted by molar-refractivity contribution is -0.384. The summed E-state index contributed by atoms with van der Waals surface area (Å²) in [7, 11) is 0. The van der Waals surface area contributed by atoms with Crippen molar-refractivity contribution in [2.24, 2.45) is 5.92 Å². The number of nitro groups is 1. The van der Waals surface area contributed by atoms with Crippen LogP contribution in [0.3, 0.4) is 0 Å². The number of nitrogens with one attached hydrogen (secondary N) is 1. The van der Waals surface area contributed by atoms with Crippen LogP contribution in [-0.4, -0.2) is 58.6 Å². The van der Waals surface area contributed by atoms with E-state index in [-0.39, 0.29) is 23.4 Å². The molecule has 1 amide bonds. The molecule has 8 rings (SSSR count). The van der Waals surface area contributed by atoms with E-state index in [1.54, 1.807) is 11.0 Å². The first kappa shape index (κ1) is 27.1. The maximum Gasteiger partial charge on any atom is 0.269 e. The average Bonchev–Trinajstić information content (AvgIpc) is 3.88. The first-order valence-electron chi connectivity index (χ1n) is 14.9. The number of Topliss-reactive ketones (excluding diaryl/α,β-unsaturated/α-hetero) is 1. The molecule has 12 heteroatoms. The van der Waals surface area contributed by atoms with Gasteiger partial charge in [0.05, 0.1) is 22.2 Å². The van der Waals surface area contributed by atoms with Crippen molar-refractivity contribution in [3.63, 3.8) is 0 Å². The Balaban J connectivity index is 1.41. The smallest absolute Gasteiger partial charge is 0.269 e. The van der Waals surface area contributed by atoms with Crippen LogP contribution in [-0.2, 0) is 10.3 Å². The summed E-state index contributed by atoms with van der Waals surface area (Å²) < 4.78 is 3.49. The SMILES string of the molecule is Cc1nn(-c2ccccc2)c(-n2cncn2)c1C1C2CCCN2C2(C(=O)Nc3ccccc32)C1C(=O)c1ccc([N+](=O)[O-])cc1. The lowest BCUT2D eigenvalue weighted by Gasteiger charge is -2.36. The van der Waals surface area contributed by atoms with E-state index >= 15 is 4.79 Å². The lowest BCUT2D eigenvalue weighted by atomic mass is 9.68. The van der Waals surface area contributed by atoms with Gasteiger partial charge in [0, 0.05) is 46.5 Å². The predicted octanol–water partition coefficient (Wildman–Crippen LogP) is 4.58. The predicted molar refractivity (Wildman–Crippen MR) is 163 cm³/mol. The van der Waals surface area contributed by atoms with Gasteiger partial charge in [0.25, 0.3) is 5.69 Å². The number of aryl methyl sites for hydroxylation is 1. The lowest BCUT2D eigenvalue weighted by Crippen LogP contribution is -2.52. The van der Waals surface area contributed by atoms with E-state index in [4.69, 9.17) is 5.10 Å². The molecule has 2 saturated heterocycles. The van der Waals surface area contributed by atoms with Crippen LogP contribution < -0.4 is 5.32 Å². The number of amides is 1. The van der Waals surface area contributed by atoms with Crippen molar-refractivity contribution in [3.8, 4) is 11.5 Å². The number of carbonyl (C=O) groups excluding carboxylic acids is 2. The van der Waals surface area contributed by atoms with E-state index in [1.165, 1.54) is 30.6 Å². The molecular formula is C33H28N8O4. The molecule has 2 aromatic heterocycles. The number of aromatic nitrogens is 5. The Hall–Kier alpha value is -5.49. The third kappa shape index (κ3) is 3.78. The second-order valence-corrected chi connectivity index (χ2v) is 11.8. The van der Waals surface area contributed by atoms with Crippen molar-refractivity contribution in [3.05, 3.63) is 124 Å². The summed E-state index contributed by atoms with van der Waals surface area (Å²) in [6.07, 6.45) is 4.71. The molecule has 0 aliphatic carbocycles. The highest BCUT2D eigenvalue weighted by Crippen LogP contribution is 2.62. The van der Waals surface area contributed by atoms with E-state index in [0.29, 0.717) is 29.3 Å². The number of nitrogens with zero attached hydrogens (tertiary/aromatic N) is 7. The number of carbonyl (C=O) groups is 2. The van der Waals surface area contributed by atoms with E-state index in [0.717, 1.165) is 29.7 Å². The molecule has 3 aromatic carbocycles. The Morgan fingerprint density at radius 2 is 1.80 bits per heavy atom. The molecule has 5 heterocycles. The number of benzene rings is 3. The number of rotatable bonds is 6. The minimum absolute atomic E-state index is 0.109. The van der Waals surface area contributed by atoms with Crippen LogP contribution in [0.5, 0.6) is 0 Å². The molecule has 0 radical (unpaired) electrons. The van der Waals surface area contributed by atoms with Gasteiger partial charge in [-0.05, 0) is 56.6 Å². The van der Waals surface area contributed by atoms with Crippen molar-refractivity contribution in [2.45, 2.75) is 37.3 Å². The van der Waals surface area contributed by atoms with Gasteiger partial charge in [0.15, 0.2) is 11.6 Å². The van der Waals surface area contributed by atoms with Gasteiger partial charge in [0.1, 0.15) is 18.2 Å². The number of hydrogen-bond acceptors (Lipinski definition) is 8. The van der Waals surface area contributed by atoms with E-state index in [1.807, 2.05) is 66.2 Å². The zero-order valence-corrected chi connectivity index (χ0v) is 24.3. The number of para-hydroxylation sites is 2. The molecule has 4 unspecified atom stereocenters. The Morgan fingerprint density at radius 1 is 1.04 bits per heavy atom. The summed E-state index contributed by atoms with van der Waals surface area (Å²) in [5, 5.41) is 24.0. The van der Waals surface area contributed by atoms with Gasteiger partial charge in [-0.1, -0.05) is 36.4 Å². The Morgan fingerprint density at radius 3 is 2.53 bits per heavy atom. The molecule has 12 nitrogen and oxygen atoms in total. The van der Waals surface area contributed by atoms with Crippen molar-refractivity contribution in [2.75, 3.05) is 11.9 Å². The molecule has 4 atom stereocenters. The zero-order chi connectivity index (χ0) is 30.9. The van der Waals surface area contributed by atoms with Crippen LogP contribution in [0.15, 0.2) is 91.5 Å². The molecule has 45 heavy (non-hydrogen) atoms. The molecule has 1 spiro atoms. The third-order valence-corrected chi connectivity index (χ3v) is 9.60. The van der Waals surface area contributed by atoms with Gasteiger partial charge in [-0.25, -0.2) is 14.3 Å². The Bertz CT molecular complexity index is 1970. The van der Waals surface area contributed by atoms with E-state index < -0.39 is 22.3 Å². The Labute approximate surface area is 257 Å². The monoisotopic (exact) mass is 600 g/mol. The highest BCUT2D eigenvalue weighted by molar-refractivity contribution is 6.12. The fraction of sp³-hybridized carbons (Fsp3) is 0.242. The minimum Gasteiger partial charge on any atom is -0.324 e. The zero-order valence-electron chi connectivity index (χ0n) is 24.3. The fourth-order valence-corrected chi connectivity index (χ4v) is 7.97. The number of nitro benzene ring substituents is 1. The average molecular weight is 601 g/mol. The molecule has 3 aliphatic rings. The highest BCUT2D eigenvalue weighted by Gasteiger charge is 2.70. The summed E-state index contributed by atoms with van der Waals surface area (Å²) in [5.41, 5.74) is 2.70. The van der Waals surface area contributed by atoms with Gasteiger partial charge in [-0.2, -0.15) is 10.2 Å². The highest BCUT2D eigenvalue weighted by atomic mass is 16.6. The van der Waals surface area contributed by atoms with Gasteiger partial charge < -0.3 is 5.32 Å². The van der Waals surface area contributed by atoms with Crippen molar-refractivity contribution < 1.29 is 14.5 Å². The van der Waals surface area contributed by atoms with Gasteiger partial charge in [-0.15, -0.1) is 0 Å². The maximum atomic E-state index is 15.0. The molecule has 0 saturated carbocycles. The van der Waals surface area contributed by atoms with Crippen LogP contribution in [0.25, 0.3) is 11.5 Å². The summed E-state index contributed by atoms with van der Waals surface area (Å²) in [5.74, 6) is -1.19. The number of non-ortho nitro benzene ring substituents is 1. The first-order chi connectivity index (χ1) is 21.9. The number of anilines is 1. The molecule has 3 aliphatic heterocycles. The topological polar surface area (TPSA) is 141 Å². The van der Waals surface area contributed by atoms with E-state index in [9.17, 15) is 14.9 Å². The summed E-state index contributed by atoms with van der Waals surface area (Å²) in [6, 6.07) is 22.8. The second kappa shape index (κ2) is 10.0. The largest absolute Gasteiger partial charge is 0.324 e. The molecular weight excluding hydrogens is 572 g/mol. The van der Waals surface area contributed by atoms with E-state index in [2.05, 4.69) is 20.3 Å².